The maximum Gasteiger partial charge on any atom is 0.250 e. The van der Waals surface area contributed by atoms with E-state index < -0.39 is 5.54 Å². The zero-order valence-corrected chi connectivity index (χ0v) is 18.7. The van der Waals surface area contributed by atoms with Crippen LogP contribution in [0.1, 0.15) is 56.2 Å². The van der Waals surface area contributed by atoms with Gasteiger partial charge in [0.2, 0.25) is 11.8 Å². The van der Waals surface area contributed by atoms with E-state index in [0.717, 1.165) is 23.5 Å². The van der Waals surface area contributed by atoms with Crippen LogP contribution in [0, 0.1) is 0 Å². The first-order valence-electron chi connectivity index (χ1n) is 10.2. The molecule has 2 amide bonds. The Hall–Kier alpha value is -2.61. The monoisotopic (exact) mass is 431 g/mol. The molecule has 1 aliphatic carbocycles. The van der Waals surface area contributed by atoms with Gasteiger partial charge in [0.15, 0.2) is 11.5 Å². The first kappa shape index (κ1) is 22.1. The number of rotatable bonds is 8. The molecule has 0 aliphatic heterocycles. The van der Waals surface area contributed by atoms with Crippen LogP contribution in [-0.4, -0.2) is 36.6 Å². The van der Waals surface area contributed by atoms with Crippen LogP contribution in [-0.2, 0) is 16.0 Å². The van der Waals surface area contributed by atoms with Crippen molar-refractivity contribution < 1.29 is 19.1 Å². The summed E-state index contributed by atoms with van der Waals surface area (Å²) in [5.74, 6) is 1.06. The van der Waals surface area contributed by atoms with Gasteiger partial charge in [-0.25, -0.2) is 4.98 Å². The lowest BCUT2D eigenvalue weighted by Gasteiger charge is -2.29. The van der Waals surface area contributed by atoms with E-state index in [1.807, 2.05) is 5.38 Å². The fourth-order valence-electron chi connectivity index (χ4n) is 3.70. The van der Waals surface area contributed by atoms with Gasteiger partial charge in [-0.1, -0.05) is 26.7 Å². The van der Waals surface area contributed by atoms with Gasteiger partial charge < -0.3 is 20.1 Å². The summed E-state index contributed by atoms with van der Waals surface area (Å²) in [6.07, 6.45) is 3.20. The van der Waals surface area contributed by atoms with Crippen molar-refractivity contribution in [3.8, 4) is 11.5 Å². The molecule has 1 aromatic carbocycles. The molecule has 2 aromatic rings. The van der Waals surface area contributed by atoms with Crippen molar-refractivity contribution in [3.63, 3.8) is 0 Å². The van der Waals surface area contributed by atoms with E-state index in [9.17, 15) is 9.59 Å². The summed E-state index contributed by atoms with van der Waals surface area (Å²) in [6, 6.07) is 5.21. The van der Waals surface area contributed by atoms with Gasteiger partial charge in [0.05, 0.1) is 31.3 Å². The van der Waals surface area contributed by atoms with Crippen LogP contribution < -0.4 is 20.1 Å². The number of hydrogen-bond donors (Lipinski definition) is 2. The number of carbonyl (C=O) groups is 2. The molecular weight excluding hydrogens is 402 g/mol. The number of methoxy groups -OCH3 is 2. The quantitative estimate of drug-likeness (QED) is 0.662. The minimum Gasteiger partial charge on any atom is -0.493 e. The lowest BCUT2D eigenvalue weighted by molar-refractivity contribution is -0.130. The highest BCUT2D eigenvalue weighted by Gasteiger charge is 2.42. The SMILES string of the molecule is COc1ccc(NC(=O)C2(NC(=O)Cc3csc(C(C)C)n3)CCCC2)cc1OC. The molecular formula is C22H29N3O4S. The van der Waals surface area contributed by atoms with Crippen molar-refractivity contribution in [2.24, 2.45) is 0 Å². The Kier molecular flexibility index (Phi) is 6.97. The lowest BCUT2D eigenvalue weighted by Crippen LogP contribution is -2.55. The smallest absolute Gasteiger partial charge is 0.250 e. The maximum atomic E-state index is 13.2. The highest BCUT2D eigenvalue weighted by atomic mass is 32.1. The van der Waals surface area contributed by atoms with Gasteiger partial charge in [-0.05, 0) is 25.0 Å². The lowest BCUT2D eigenvalue weighted by atomic mass is 9.95. The van der Waals surface area contributed by atoms with E-state index in [2.05, 4.69) is 29.5 Å². The molecule has 1 aliphatic rings. The molecule has 2 N–H and O–H groups in total. The third-order valence-corrected chi connectivity index (χ3v) is 6.51. The third kappa shape index (κ3) is 4.92. The Morgan fingerprint density at radius 3 is 2.47 bits per heavy atom. The maximum absolute atomic E-state index is 13.2. The Bertz CT molecular complexity index is 904. The molecule has 0 radical (unpaired) electrons. The van der Waals surface area contributed by atoms with Gasteiger partial charge >= 0.3 is 0 Å². The Morgan fingerprint density at radius 1 is 1.17 bits per heavy atom. The normalized spacial score (nSPS) is 15.1. The van der Waals surface area contributed by atoms with Gasteiger partial charge in [0, 0.05) is 23.1 Å². The van der Waals surface area contributed by atoms with Crippen molar-refractivity contribution in [2.75, 3.05) is 19.5 Å². The van der Waals surface area contributed by atoms with E-state index in [4.69, 9.17) is 9.47 Å². The number of benzene rings is 1. The summed E-state index contributed by atoms with van der Waals surface area (Å²) >= 11 is 1.56. The molecule has 7 nitrogen and oxygen atoms in total. The first-order chi connectivity index (χ1) is 14.4. The molecule has 0 saturated heterocycles. The van der Waals surface area contributed by atoms with Crippen molar-refractivity contribution >= 4 is 28.8 Å². The van der Waals surface area contributed by atoms with Crippen LogP contribution in [0.3, 0.4) is 0 Å². The molecule has 8 heteroatoms. The minimum absolute atomic E-state index is 0.175. The summed E-state index contributed by atoms with van der Waals surface area (Å²) in [6.45, 7) is 4.16. The molecule has 1 saturated carbocycles. The largest absolute Gasteiger partial charge is 0.493 e. The first-order valence-corrected chi connectivity index (χ1v) is 11.0. The van der Waals surface area contributed by atoms with E-state index in [-0.39, 0.29) is 18.2 Å². The molecule has 0 unspecified atom stereocenters. The third-order valence-electron chi connectivity index (χ3n) is 5.32. The molecule has 1 aromatic heterocycles. The standard InChI is InChI=1S/C22H29N3O4S/c1-14(2)20-23-16(13-30-20)12-19(26)25-22(9-5-6-10-22)21(27)24-15-7-8-17(28-3)18(11-15)29-4/h7-8,11,13-14H,5-6,9-10,12H2,1-4H3,(H,24,27)(H,25,26). The van der Waals surface area contributed by atoms with E-state index in [0.29, 0.717) is 35.9 Å². The number of carbonyl (C=O) groups excluding carboxylic acids is 2. The van der Waals surface area contributed by atoms with Gasteiger partial charge in [-0.15, -0.1) is 11.3 Å². The number of hydrogen-bond acceptors (Lipinski definition) is 6. The highest BCUT2D eigenvalue weighted by molar-refractivity contribution is 7.09. The number of nitrogens with zero attached hydrogens (tertiary/aromatic N) is 1. The molecule has 30 heavy (non-hydrogen) atoms. The zero-order valence-electron chi connectivity index (χ0n) is 17.9. The summed E-state index contributed by atoms with van der Waals surface area (Å²) in [5, 5.41) is 8.87. The second-order valence-electron chi connectivity index (χ2n) is 7.87. The van der Waals surface area contributed by atoms with E-state index >= 15 is 0 Å². The van der Waals surface area contributed by atoms with Crippen LogP contribution in [0.2, 0.25) is 0 Å². The number of aromatic nitrogens is 1. The molecule has 3 rings (SSSR count). The topological polar surface area (TPSA) is 89.6 Å². The second-order valence-corrected chi connectivity index (χ2v) is 8.76. The van der Waals surface area contributed by atoms with E-state index in [1.54, 1.807) is 43.8 Å². The Balaban J connectivity index is 1.70. The predicted molar refractivity (Wildman–Crippen MR) is 117 cm³/mol. The Labute approximate surface area is 181 Å². The van der Waals surface area contributed by atoms with Gasteiger partial charge in [-0.3, -0.25) is 9.59 Å². The summed E-state index contributed by atoms with van der Waals surface area (Å²) in [4.78, 5) is 30.4. The second kappa shape index (κ2) is 9.47. The van der Waals surface area contributed by atoms with Gasteiger partial charge in [0.1, 0.15) is 5.54 Å². The average Bonchev–Trinajstić information content (AvgIpc) is 3.38. The average molecular weight is 432 g/mol. The fraction of sp³-hybridized carbons (Fsp3) is 0.500. The molecule has 162 valence electrons. The van der Waals surface area contributed by atoms with Crippen LogP contribution in [0.25, 0.3) is 0 Å². The highest BCUT2D eigenvalue weighted by Crippen LogP contribution is 2.33. The van der Waals surface area contributed by atoms with Crippen LogP contribution in [0.4, 0.5) is 5.69 Å². The number of anilines is 1. The number of amides is 2. The summed E-state index contributed by atoms with van der Waals surface area (Å²) in [5.41, 5.74) is 0.440. The molecule has 1 fully saturated rings. The van der Waals surface area contributed by atoms with Crippen molar-refractivity contribution in [3.05, 3.63) is 34.3 Å². The number of ether oxygens (including phenoxy) is 2. The Morgan fingerprint density at radius 2 is 1.87 bits per heavy atom. The summed E-state index contributed by atoms with van der Waals surface area (Å²) < 4.78 is 10.5. The van der Waals surface area contributed by atoms with Crippen LogP contribution in [0.5, 0.6) is 11.5 Å². The van der Waals surface area contributed by atoms with Crippen LogP contribution in [0.15, 0.2) is 23.6 Å². The van der Waals surface area contributed by atoms with Crippen molar-refractivity contribution in [1.29, 1.82) is 0 Å². The number of nitrogens with one attached hydrogen (secondary N) is 2. The van der Waals surface area contributed by atoms with Gasteiger partial charge in [0.25, 0.3) is 0 Å². The summed E-state index contributed by atoms with van der Waals surface area (Å²) in [7, 11) is 3.11. The van der Waals surface area contributed by atoms with Crippen LogP contribution >= 0.6 is 11.3 Å². The number of thiazole rings is 1. The molecule has 0 bridgehead atoms. The van der Waals surface area contributed by atoms with Crippen molar-refractivity contribution in [2.45, 2.75) is 57.4 Å². The van der Waals surface area contributed by atoms with E-state index in [1.165, 1.54) is 0 Å². The molecule has 0 atom stereocenters. The zero-order chi connectivity index (χ0) is 21.7. The minimum atomic E-state index is -0.902. The van der Waals surface area contributed by atoms with Gasteiger partial charge in [-0.2, -0.15) is 0 Å². The predicted octanol–water partition coefficient (Wildman–Crippen LogP) is 3.89. The molecule has 1 heterocycles. The van der Waals surface area contributed by atoms with Crippen molar-refractivity contribution in [1.82, 2.24) is 10.3 Å². The fourth-order valence-corrected chi connectivity index (χ4v) is 4.53. The molecule has 0 spiro atoms.